The fourth-order valence-electron chi connectivity index (χ4n) is 1.58. The van der Waals surface area contributed by atoms with Crippen LogP contribution in [0.1, 0.15) is 12.5 Å². The molecule has 0 radical (unpaired) electrons. The first kappa shape index (κ1) is 10.6. The molecule has 0 spiro atoms. The molecule has 0 amide bonds. The Hall–Kier alpha value is -0.870. The minimum atomic E-state index is 0.729. The maximum atomic E-state index is 5.20. The lowest BCUT2D eigenvalue weighted by Gasteiger charge is -2.08. The van der Waals surface area contributed by atoms with Gasteiger partial charge >= 0.3 is 0 Å². The van der Waals surface area contributed by atoms with E-state index in [2.05, 4.69) is 40.0 Å². The van der Waals surface area contributed by atoms with Crippen molar-refractivity contribution in [2.75, 3.05) is 0 Å². The van der Waals surface area contributed by atoms with Gasteiger partial charge in [0.05, 0.1) is 5.69 Å². The van der Waals surface area contributed by atoms with Crippen molar-refractivity contribution >= 4 is 28.1 Å². The number of rotatable bonds is 2. The first-order chi connectivity index (χ1) is 7.22. The summed E-state index contributed by atoms with van der Waals surface area (Å²) in [5.74, 6) is 0. The van der Waals surface area contributed by atoms with Gasteiger partial charge in [-0.15, -0.1) is 0 Å². The lowest BCUT2D eigenvalue weighted by molar-refractivity contribution is 0.985. The van der Waals surface area contributed by atoms with E-state index < -0.39 is 0 Å². The fraction of sp³-hybridized carbons (Fsp3) is 0.182. The van der Waals surface area contributed by atoms with E-state index in [9.17, 15) is 0 Å². The molecule has 78 valence electrons. The highest BCUT2D eigenvalue weighted by atomic mass is 79.9. The number of hydrogen-bond acceptors (Lipinski definition) is 1. The van der Waals surface area contributed by atoms with Crippen molar-refractivity contribution in [3.05, 3.63) is 45.4 Å². The van der Waals surface area contributed by atoms with Crippen LogP contribution in [-0.4, -0.2) is 9.55 Å². The van der Waals surface area contributed by atoms with Gasteiger partial charge in [-0.25, -0.2) is 0 Å². The Morgan fingerprint density at radius 3 is 2.87 bits per heavy atom. The molecule has 4 heteroatoms. The van der Waals surface area contributed by atoms with Crippen LogP contribution in [0.25, 0.3) is 5.69 Å². The second kappa shape index (κ2) is 4.33. The number of imidazole rings is 1. The van der Waals surface area contributed by atoms with Crippen LogP contribution in [0.15, 0.2) is 35.1 Å². The molecule has 1 aromatic carbocycles. The summed E-state index contributed by atoms with van der Waals surface area (Å²) in [6.07, 6.45) is 4.79. The van der Waals surface area contributed by atoms with Crippen molar-refractivity contribution in [1.82, 2.24) is 9.55 Å². The van der Waals surface area contributed by atoms with Gasteiger partial charge in [0.1, 0.15) is 0 Å². The van der Waals surface area contributed by atoms with Gasteiger partial charge in [0, 0.05) is 16.9 Å². The zero-order chi connectivity index (χ0) is 10.8. The summed E-state index contributed by atoms with van der Waals surface area (Å²) in [6, 6.07) is 6.24. The van der Waals surface area contributed by atoms with Crippen LogP contribution in [0.3, 0.4) is 0 Å². The number of hydrogen-bond donors (Lipinski definition) is 1. The molecule has 1 N–H and O–H groups in total. The quantitative estimate of drug-likeness (QED) is 0.830. The van der Waals surface area contributed by atoms with Crippen LogP contribution >= 0.6 is 28.1 Å². The van der Waals surface area contributed by atoms with E-state index in [1.54, 1.807) is 0 Å². The average molecular weight is 283 g/mol. The zero-order valence-corrected chi connectivity index (χ0v) is 10.7. The van der Waals surface area contributed by atoms with Gasteiger partial charge in [-0.2, -0.15) is 0 Å². The largest absolute Gasteiger partial charge is 0.337 e. The van der Waals surface area contributed by atoms with Crippen molar-refractivity contribution in [3.63, 3.8) is 0 Å². The molecule has 15 heavy (non-hydrogen) atoms. The molecule has 1 heterocycles. The molecule has 0 aliphatic carbocycles. The van der Waals surface area contributed by atoms with Gasteiger partial charge in [0.2, 0.25) is 0 Å². The highest BCUT2D eigenvalue weighted by Gasteiger charge is 2.04. The van der Waals surface area contributed by atoms with Crippen LogP contribution in [0.2, 0.25) is 0 Å². The lowest BCUT2D eigenvalue weighted by atomic mass is 10.1. The van der Waals surface area contributed by atoms with E-state index in [4.69, 9.17) is 12.2 Å². The van der Waals surface area contributed by atoms with Crippen molar-refractivity contribution in [3.8, 4) is 5.69 Å². The summed E-state index contributed by atoms with van der Waals surface area (Å²) >= 11 is 8.68. The third kappa shape index (κ3) is 2.06. The number of nitrogens with zero attached hydrogens (tertiary/aromatic N) is 1. The number of aromatic nitrogens is 2. The molecule has 0 aliphatic rings. The van der Waals surface area contributed by atoms with Crippen molar-refractivity contribution in [2.24, 2.45) is 0 Å². The second-order valence-corrected chi connectivity index (χ2v) is 4.56. The average Bonchev–Trinajstić information content (AvgIpc) is 2.64. The molecule has 0 fully saturated rings. The summed E-state index contributed by atoms with van der Waals surface area (Å²) in [5, 5.41) is 0. The zero-order valence-electron chi connectivity index (χ0n) is 8.33. The standard InChI is InChI=1S/C11H11BrN2S/c1-2-8-7-9(12)3-4-10(8)14-6-5-13-11(14)15/h3-7H,2H2,1H3,(H,13,15). The van der Waals surface area contributed by atoms with Gasteiger partial charge in [-0.05, 0) is 42.4 Å². The van der Waals surface area contributed by atoms with Crippen LogP contribution in [0.5, 0.6) is 0 Å². The van der Waals surface area contributed by atoms with E-state index in [0.717, 1.165) is 21.4 Å². The Morgan fingerprint density at radius 1 is 1.47 bits per heavy atom. The highest BCUT2D eigenvalue weighted by molar-refractivity contribution is 9.10. The normalized spacial score (nSPS) is 10.5. The Kier molecular flexibility index (Phi) is 3.07. The number of aryl methyl sites for hydroxylation is 1. The van der Waals surface area contributed by atoms with Gasteiger partial charge in [0.15, 0.2) is 4.77 Å². The number of nitrogens with one attached hydrogen (secondary N) is 1. The maximum Gasteiger partial charge on any atom is 0.181 e. The summed E-state index contributed by atoms with van der Waals surface area (Å²) in [5.41, 5.74) is 2.42. The summed E-state index contributed by atoms with van der Waals surface area (Å²) in [6.45, 7) is 2.14. The van der Waals surface area contributed by atoms with Crippen LogP contribution < -0.4 is 0 Å². The van der Waals surface area contributed by atoms with E-state index >= 15 is 0 Å². The van der Waals surface area contributed by atoms with E-state index in [0.29, 0.717) is 0 Å². The van der Waals surface area contributed by atoms with Crippen LogP contribution in [-0.2, 0) is 6.42 Å². The van der Waals surface area contributed by atoms with Gasteiger partial charge in [-0.3, -0.25) is 4.57 Å². The summed E-state index contributed by atoms with van der Waals surface area (Å²) in [7, 11) is 0. The molecule has 0 aliphatic heterocycles. The maximum absolute atomic E-state index is 5.20. The third-order valence-corrected chi connectivity index (χ3v) is 3.14. The number of H-pyrrole nitrogens is 1. The first-order valence-electron chi connectivity index (χ1n) is 4.77. The first-order valence-corrected chi connectivity index (χ1v) is 5.97. The third-order valence-electron chi connectivity index (χ3n) is 2.33. The van der Waals surface area contributed by atoms with Gasteiger partial charge in [0.25, 0.3) is 0 Å². The number of benzene rings is 1. The summed E-state index contributed by atoms with van der Waals surface area (Å²) < 4.78 is 3.82. The Labute approximate surface area is 102 Å². The van der Waals surface area contributed by atoms with Crippen molar-refractivity contribution < 1.29 is 0 Å². The predicted molar refractivity (Wildman–Crippen MR) is 68.0 cm³/mol. The Morgan fingerprint density at radius 2 is 2.27 bits per heavy atom. The number of halogens is 1. The van der Waals surface area contributed by atoms with Crippen molar-refractivity contribution in [2.45, 2.75) is 13.3 Å². The van der Waals surface area contributed by atoms with E-state index in [1.165, 1.54) is 5.56 Å². The minimum absolute atomic E-state index is 0.729. The molecule has 0 saturated heterocycles. The van der Waals surface area contributed by atoms with Crippen molar-refractivity contribution in [1.29, 1.82) is 0 Å². The Balaban J connectivity index is 2.63. The number of aromatic amines is 1. The van der Waals surface area contributed by atoms with Crippen LogP contribution in [0, 0.1) is 4.77 Å². The molecule has 0 atom stereocenters. The molecular weight excluding hydrogens is 272 g/mol. The molecule has 0 saturated carbocycles. The molecule has 2 rings (SSSR count). The van der Waals surface area contributed by atoms with Gasteiger partial charge < -0.3 is 4.98 Å². The topological polar surface area (TPSA) is 20.7 Å². The molecular formula is C11H11BrN2S. The monoisotopic (exact) mass is 282 g/mol. The van der Waals surface area contributed by atoms with E-state index in [1.807, 2.05) is 23.0 Å². The Bertz CT molecular complexity index is 527. The minimum Gasteiger partial charge on any atom is -0.337 e. The fourth-order valence-corrected chi connectivity index (χ4v) is 2.22. The summed E-state index contributed by atoms with van der Waals surface area (Å²) in [4.78, 5) is 3.00. The predicted octanol–water partition coefficient (Wildman–Crippen LogP) is 3.86. The molecule has 0 bridgehead atoms. The smallest absolute Gasteiger partial charge is 0.181 e. The highest BCUT2D eigenvalue weighted by Crippen LogP contribution is 2.20. The van der Waals surface area contributed by atoms with Gasteiger partial charge in [-0.1, -0.05) is 22.9 Å². The second-order valence-electron chi connectivity index (χ2n) is 3.26. The molecule has 0 unspecified atom stereocenters. The SMILES string of the molecule is CCc1cc(Br)ccc1-n1cc[nH]c1=S. The van der Waals surface area contributed by atoms with Crippen LogP contribution in [0.4, 0.5) is 0 Å². The molecule has 2 nitrogen and oxygen atoms in total. The van der Waals surface area contributed by atoms with E-state index in [-0.39, 0.29) is 0 Å². The molecule has 1 aromatic heterocycles. The lowest BCUT2D eigenvalue weighted by Crippen LogP contribution is -1.97. The molecule has 2 aromatic rings.